The van der Waals surface area contributed by atoms with E-state index in [1.165, 1.54) is 0 Å². The third-order valence-corrected chi connectivity index (χ3v) is 5.96. The van der Waals surface area contributed by atoms with Crippen molar-refractivity contribution in [3.8, 4) is 0 Å². The van der Waals surface area contributed by atoms with Crippen LogP contribution in [0.15, 0.2) is 36.4 Å². The number of fused-ring (bicyclic) bond motifs is 1. The summed E-state index contributed by atoms with van der Waals surface area (Å²) in [4.78, 5) is 31.5. The highest BCUT2D eigenvalue weighted by Gasteiger charge is 2.42. The van der Waals surface area contributed by atoms with Crippen LogP contribution in [0.5, 0.6) is 0 Å². The first-order chi connectivity index (χ1) is 14.5. The molecular formula is C22H24ClN3O4. The van der Waals surface area contributed by atoms with Gasteiger partial charge in [0.25, 0.3) is 5.91 Å². The number of carbonyl (C=O) groups excluding carboxylic acids is 2. The van der Waals surface area contributed by atoms with E-state index in [0.29, 0.717) is 30.2 Å². The standard InChI is InChI=1S/C22H24ClN3O4/c1-29-13-14-30-21(28)26-12-9-17-18(26)7-8-19(24-17)22(10-2-11-22)25-20(27)15-3-5-16(23)6-4-15/h3-8H,2,9-14H2,1H3,(H,25,27). The molecule has 1 saturated carbocycles. The first-order valence-corrected chi connectivity index (χ1v) is 10.4. The van der Waals surface area contributed by atoms with Crippen LogP contribution in [0.4, 0.5) is 10.5 Å². The van der Waals surface area contributed by atoms with Crippen molar-refractivity contribution >= 4 is 29.3 Å². The molecule has 2 amide bonds. The lowest BCUT2D eigenvalue weighted by molar-refractivity contribution is 0.0816. The van der Waals surface area contributed by atoms with Crippen LogP contribution in [0, 0.1) is 0 Å². The van der Waals surface area contributed by atoms with E-state index >= 15 is 0 Å². The first-order valence-electron chi connectivity index (χ1n) is 10.0. The number of methoxy groups -OCH3 is 1. The van der Waals surface area contributed by atoms with E-state index in [0.717, 1.165) is 36.3 Å². The molecule has 0 saturated heterocycles. The van der Waals surface area contributed by atoms with Crippen molar-refractivity contribution in [3.05, 3.63) is 58.4 Å². The Kier molecular flexibility index (Phi) is 5.92. The number of ether oxygens (including phenoxy) is 2. The molecule has 30 heavy (non-hydrogen) atoms. The van der Waals surface area contributed by atoms with Gasteiger partial charge < -0.3 is 14.8 Å². The quantitative estimate of drug-likeness (QED) is 0.708. The maximum Gasteiger partial charge on any atom is 0.414 e. The van der Waals surface area contributed by atoms with Crippen LogP contribution in [-0.4, -0.2) is 43.9 Å². The zero-order valence-electron chi connectivity index (χ0n) is 16.8. The average molecular weight is 430 g/mol. The Morgan fingerprint density at radius 2 is 1.93 bits per heavy atom. The highest BCUT2D eigenvalue weighted by Crippen LogP contribution is 2.42. The van der Waals surface area contributed by atoms with Crippen molar-refractivity contribution in [1.82, 2.24) is 10.3 Å². The van der Waals surface area contributed by atoms with E-state index in [1.54, 1.807) is 36.3 Å². The fourth-order valence-corrected chi connectivity index (χ4v) is 4.00. The second kappa shape index (κ2) is 8.62. The number of hydrogen-bond acceptors (Lipinski definition) is 5. The SMILES string of the molecule is COCCOC(=O)N1CCc2nc(C3(NC(=O)c4ccc(Cl)cc4)CCC3)ccc21. The predicted octanol–water partition coefficient (Wildman–Crippen LogP) is 3.69. The molecule has 1 aromatic carbocycles. The van der Waals surface area contributed by atoms with Gasteiger partial charge in [-0.15, -0.1) is 0 Å². The molecule has 158 valence electrons. The minimum Gasteiger partial charge on any atom is -0.447 e. The number of pyridine rings is 1. The molecule has 2 heterocycles. The van der Waals surface area contributed by atoms with Crippen molar-refractivity contribution in [3.63, 3.8) is 0 Å². The highest BCUT2D eigenvalue weighted by atomic mass is 35.5. The van der Waals surface area contributed by atoms with Crippen LogP contribution in [0.25, 0.3) is 0 Å². The zero-order chi connectivity index (χ0) is 21.1. The molecular weight excluding hydrogens is 406 g/mol. The van der Waals surface area contributed by atoms with Gasteiger partial charge in [0.1, 0.15) is 6.61 Å². The van der Waals surface area contributed by atoms with Gasteiger partial charge in [-0.05, 0) is 55.7 Å². The molecule has 0 unspecified atom stereocenters. The number of hydrogen-bond donors (Lipinski definition) is 1. The van der Waals surface area contributed by atoms with Crippen LogP contribution in [0.2, 0.25) is 5.02 Å². The fourth-order valence-electron chi connectivity index (χ4n) is 3.87. The second-order valence-electron chi connectivity index (χ2n) is 7.57. The lowest BCUT2D eigenvalue weighted by Gasteiger charge is -2.42. The Hall–Kier alpha value is -2.64. The van der Waals surface area contributed by atoms with Gasteiger partial charge in [-0.25, -0.2) is 4.79 Å². The first kappa shape index (κ1) is 20.6. The number of aromatic nitrogens is 1. The summed E-state index contributed by atoms with van der Waals surface area (Å²) in [5.74, 6) is -0.142. The molecule has 0 spiro atoms. The Morgan fingerprint density at radius 3 is 2.60 bits per heavy atom. The van der Waals surface area contributed by atoms with E-state index in [-0.39, 0.29) is 12.5 Å². The summed E-state index contributed by atoms with van der Waals surface area (Å²) in [6.07, 6.45) is 2.96. The molecule has 7 nitrogen and oxygen atoms in total. The van der Waals surface area contributed by atoms with Crippen molar-refractivity contribution in [2.24, 2.45) is 0 Å². The average Bonchev–Trinajstić information content (AvgIpc) is 3.14. The molecule has 8 heteroatoms. The molecule has 1 N–H and O–H groups in total. The zero-order valence-corrected chi connectivity index (χ0v) is 17.6. The summed E-state index contributed by atoms with van der Waals surface area (Å²) in [6.45, 7) is 1.10. The molecule has 1 aliphatic carbocycles. The van der Waals surface area contributed by atoms with Gasteiger partial charge in [0.2, 0.25) is 0 Å². The summed E-state index contributed by atoms with van der Waals surface area (Å²) in [6, 6.07) is 10.6. The molecule has 1 aliphatic heterocycles. The van der Waals surface area contributed by atoms with Gasteiger partial charge in [-0.2, -0.15) is 0 Å². The number of rotatable bonds is 6. The van der Waals surface area contributed by atoms with Crippen LogP contribution in [-0.2, 0) is 21.4 Å². The summed E-state index contributed by atoms with van der Waals surface area (Å²) in [5, 5.41) is 3.77. The Bertz CT molecular complexity index is 944. The van der Waals surface area contributed by atoms with Crippen LogP contribution in [0.1, 0.15) is 41.0 Å². The molecule has 4 rings (SSSR count). The number of nitrogens with one attached hydrogen (secondary N) is 1. The Morgan fingerprint density at radius 1 is 1.17 bits per heavy atom. The van der Waals surface area contributed by atoms with Crippen LogP contribution < -0.4 is 10.2 Å². The lowest BCUT2D eigenvalue weighted by Crippen LogP contribution is -2.51. The number of amides is 2. The van der Waals surface area contributed by atoms with Gasteiger partial charge in [0.15, 0.2) is 0 Å². The van der Waals surface area contributed by atoms with E-state index < -0.39 is 11.6 Å². The molecule has 2 aliphatic rings. The van der Waals surface area contributed by atoms with Gasteiger partial charge in [0, 0.05) is 30.7 Å². The fraction of sp³-hybridized carbons (Fsp3) is 0.409. The Balaban J connectivity index is 1.50. The van der Waals surface area contributed by atoms with Gasteiger partial charge in [-0.3, -0.25) is 14.7 Å². The maximum absolute atomic E-state index is 12.8. The predicted molar refractivity (Wildman–Crippen MR) is 113 cm³/mol. The van der Waals surface area contributed by atoms with E-state index in [4.69, 9.17) is 26.1 Å². The third-order valence-electron chi connectivity index (χ3n) is 5.70. The number of benzene rings is 1. The number of halogens is 1. The van der Waals surface area contributed by atoms with Crippen molar-refractivity contribution in [1.29, 1.82) is 0 Å². The molecule has 2 aromatic rings. The van der Waals surface area contributed by atoms with E-state index in [9.17, 15) is 9.59 Å². The molecule has 0 bridgehead atoms. The Labute approximate surface area is 180 Å². The van der Waals surface area contributed by atoms with E-state index in [2.05, 4.69) is 5.32 Å². The van der Waals surface area contributed by atoms with E-state index in [1.807, 2.05) is 12.1 Å². The summed E-state index contributed by atoms with van der Waals surface area (Å²) in [7, 11) is 1.56. The van der Waals surface area contributed by atoms with Crippen LogP contribution in [0.3, 0.4) is 0 Å². The molecule has 1 aromatic heterocycles. The third kappa shape index (κ3) is 4.00. The second-order valence-corrected chi connectivity index (χ2v) is 8.00. The monoisotopic (exact) mass is 429 g/mol. The highest BCUT2D eigenvalue weighted by molar-refractivity contribution is 6.30. The van der Waals surface area contributed by atoms with Gasteiger partial charge >= 0.3 is 6.09 Å². The normalized spacial score (nSPS) is 16.5. The number of carbonyl (C=O) groups is 2. The van der Waals surface area contributed by atoms with Crippen molar-refractivity contribution in [2.75, 3.05) is 31.8 Å². The topological polar surface area (TPSA) is 80.8 Å². The molecule has 1 fully saturated rings. The maximum atomic E-state index is 12.8. The number of anilines is 1. The molecule has 0 radical (unpaired) electrons. The molecule has 0 atom stereocenters. The smallest absolute Gasteiger partial charge is 0.414 e. The minimum atomic E-state index is -0.474. The van der Waals surface area contributed by atoms with Crippen LogP contribution >= 0.6 is 11.6 Å². The number of nitrogens with zero attached hydrogens (tertiary/aromatic N) is 2. The van der Waals surface area contributed by atoms with Gasteiger partial charge in [-0.1, -0.05) is 11.6 Å². The van der Waals surface area contributed by atoms with Crippen molar-refractivity contribution < 1.29 is 19.1 Å². The minimum absolute atomic E-state index is 0.142. The largest absolute Gasteiger partial charge is 0.447 e. The summed E-state index contributed by atoms with van der Waals surface area (Å²) < 4.78 is 10.1. The van der Waals surface area contributed by atoms with Gasteiger partial charge in [0.05, 0.1) is 29.2 Å². The summed E-state index contributed by atoms with van der Waals surface area (Å²) >= 11 is 5.92. The summed E-state index contributed by atoms with van der Waals surface area (Å²) in [5.41, 5.74) is 2.54. The van der Waals surface area contributed by atoms with Crippen molar-refractivity contribution in [2.45, 2.75) is 31.2 Å². The lowest BCUT2D eigenvalue weighted by atomic mass is 9.73.